The molecule has 1 aliphatic rings. The summed E-state index contributed by atoms with van der Waals surface area (Å²) in [5.74, 6) is 0. The van der Waals surface area contributed by atoms with Gasteiger partial charge in [-0.15, -0.1) is 0 Å². The highest BCUT2D eigenvalue weighted by Crippen LogP contribution is 2.83. The van der Waals surface area contributed by atoms with Gasteiger partial charge in [0, 0.05) is 4.90 Å². The van der Waals surface area contributed by atoms with Gasteiger partial charge in [0.1, 0.15) is 0 Å². The number of rotatable bonds is 0. The maximum atomic E-state index is 13.6. The molecule has 5 heteroatoms. The monoisotopic (exact) mass is 386 g/mol. The van der Waals surface area contributed by atoms with Gasteiger partial charge in [-0.05, 0) is 56.4 Å². The fourth-order valence-corrected chi connectivity index (χ4v) is 8.24. The Bertz CT molecular complexity index is 514. The number of alkyl halides is 3. The first-order valence-electron chi connectivity index (χ1n) is 5.49. The second kappa shape index (κ2) is 4.16. The maximum Gasteiger partial charge on any atom is 0.441 e. The second-order valence-electron chi connectivity index (χ2n) is 5.28. The summed E-state index contributed by atoms with van der Waals surface area (Å²) in [6.45, 7) is 5.53. The average molecular weight is 386 g/mol. The van der Waals surface area contributed by atoms with E-state index in [1.54, 1.807) is 51.5 Å². The van der Waals surface area contributed by atoms with Crippen molar-refractivity contribution in [1.29, 1.82) is 0 Å². The van der Waals surface area contributed by atoms with Crippen LogP contribution in [0.1, 0.15) is 26.3 Å². The molecule has 0 spiro atoms. The minimum Gasteiger partial charge on any atom is -0.160 e. The molecule has 1 atom stereocenters. The highest BCUT2D eigenvalue weighted by molar-refractivity contribution is 14.2. The molecule has 18 heavy (non-hydrogen) atoms. The average Bonchev–Trinajstić information content (AvgIpc) is 2.53. The highest BCUT2D eigenvalue weighted by Gasteiger charge is 2.57. The summed E-state index contributed by atoms with van der Waals surface area (Å²) in [5, 5.41) is 0. The van der Waals surface area contributed by atoms with Gasteiger partial charge in [0.05, 0.1) is 0 Å². The summed E-state index contributed by atoms with van der Waals surface area (Å²) in [7, 11) is -2.95. The number of allylic oxidation sites excluding steroid dienone is 1. The maximum absolute atomic E-state index is 13.6. The van der Waals surface area contributed by atoms with Crippen LogP contribution < -0.4 is 0 Å². The quantitative estimate of drug-likeness (QED) is 0.471. The van der Waals surface area contributed by atoms with Crippen LogP contribution >= 0.6 is 28.4 Å². The molecule has 0 bridgehead atoms. The van der Waals surface area contributed by atoms with E-state index < -0.39 is 18.1 Å². The molecule has 0 aliphatic carbocycles. The van der Waals surface area contributed by atoms with Crippen molar-refractivity contribution in [3.8, 4) is 0 Å². The second-order valence-corrected chi connectivity index (χ2v) is 11.7. The van der Waals surface area contributed by atoms with Gasteiger partial charge in [-0.1, -0.05) is 39.0 Å². The van der Waals surface area contributed by atoms with E-state index in [9.17, 15) is 13.2 Å². The normalized spacial score (nSPS) is 27.4. The van der Waals surface area contributed by atoms with Gasteiger partial charge in [0.15, 0.2) is 0 Å². The molecule has 0 amide bonds. The van der Waals surface area contributed by atoms with E-state index in [1.807, 2.05) is 20.8 Å². The van der Waals surface area contributed by atoms with Gasteiger partial charge in [-0.25, -0.2) is 0 Å². The smallest absolute Gasteiger partial charge is 0.160 e. The van der Waals surface area contributed by atoms with E-state index in [0.29, 0.717) is 15.4 Å². The van der Waals surface area contributed by atoms with E-state index in [0.717, 1.165) is 0 Å². The van der Waals surface area contributed by atoms with Gasteiger partial charge in [-0.2, -0.15) is 13.2 Å². The lowest BCUT2D eigenvalue weighted by atomic mass is 9.95. The molecule has 0 nitrogen and oxygen atoms in total. The van der Waals surface area contributed by atoms with Crippen LogP contribution in [0.2, 0.25) is 0 Å². The summed E-state index contributed by atoms with van der Waals surface area (Å²) < 4.78 is 40.8. The number of fused-ring (bicyclic) bond motifs is 1. The molecule has 0 radical (unpaired) electrons. The standard InChI is InChI=1S/C13H14F3IS/c1-12(2,3)11-8-9-6-4-5-7-10(9)18(11,17)13(14,15)16/h4-8H,1-3H3. The van der Waals surface area contributed by atoms with E-state index >= 15 is 0 Å². The molecule has 0 saturated heterocycles. The first kappa shape index (κ1) is 14.2. The fourth-order valence-electron chi connectivity index (χ4n) is 2.08. The lowest BCUT2D eigenvalue weighted by Crippen LogP contribution is -2.21. The van der Waals surface area contributed by atoms with Crippen LogP contribution in [0.3, 0.4) is 0 Å². The Hall–Kier alpha value is -0.170. The Morgan fingerprint density at radius 3 is 2.11 bits per heavy atom. The van der Waals surface area contributed by atoms with Crippen molar-refractivity contribution < 1.29 is 13.2 Å². The van der Waals surface area contributed by atoms with Crippen LogP contribution in [-0.4, -0.2) is 5.51 Å². The van der Waals surface area contributed by atoms with Gasteiger partial charge < -0.3 is 0 Å². The largest absolute Gasteiger partial charge is 0.441 e. The number of benzene rings is 1. The Balaban J connectivity index is 2.72. The highest BCUT2D eigenvalue weighted by atomic mass is 127. The van der Waals surface area contributed by atoms with E-state index in [4.69, 9.17) is 0 Å². The fraction of sp³-hybridized carbons (Fsp3) is 0.385. The van der Waals surface area contributed by atoms with Crippen molar-refractivity contribution >= 4 is 34.5 Å². The third-order valence-electron chi connectivity index (χ3n) is 2.87. The zero-order valence-corrected chi connectivity index (χ0v) is 13.3. The van der Waals surface area contributed by atoms with E-state index in [-0.39, 0.29) is 0 Å². The summed E-state index contributed by atoms with van der Waals surface area (Å²) in [5.41, 5.74) is -3.98. The Labute approximate surface area is 119 Å². The van der Waals surface area contributed by atoms with Crippen molar-refractivity contribution in [3.05, 3.63) is 34.7 Å². The molecule has 1 aliphatic heterocycles. The minimum atomic E-state index is -4.21. The Morgan fingerprint density at radius 1 is 1.06 bits per heavy atom. The van der Waals surface area contributed by atoms with Crippen LogP contribution in [0.5, 0.6) is 0 Å². The van der Waals surface area contributed by atoms with Gasteiger partial charge in [-0.3, -0.25) is 0 Å². The molecule has 0 N–H and O–H groups in total. The molecule has 0 aromatic heterocycles. The molecule has 1 aromatic carbocycles. The van der Waals surface area contributed by atoms with Crippen molar-refractivity contribution in [2.45, 2.75) is 31.2 Å². The lowest BCUT2D eigenvalue weighted by molar-refractivity contribution is -0.0355. The predicted octanol–water partition coefficient (Wildman–Crippen LogP) is 6.12. The van der Waals surface area contributed by atoms with Gasteiger partial charge >= 0.3 is 5.51 Å². The molecule has 0 fully saturated rings. The third-order valence-corrected chi connectivity index (χ3v) is 10.2. The molecule has 1 unspecified atom stereocenters. The van der Waals surface area contributed by atoms with E-state index in [2.05, 4.69) is 0 Å². The van der Waals surface area contributed by atoms with Crippen LogP contribution in [0, 0.1) is 5.41 Å². The number of hydrogen-bond acceptors (Lipinski definition) is 0. The van der Waals surface area contributed by atoms with E-state index in [1.165, 1.54) is 0 Å². The first-order valence-corrected chi connectivity index (χ1v) is 9.66. The topological polar surface area (TPSA) is 0 Å². The zero-order chi connectivity index (χ0) is 13.8. The summed E-state index contributed by atoms with van der Waals surface area (Å²) >= 11 is 1.64. The SMILES string of the molecule is CC(C)(C)C1=Cc2ccccc2S1(I)C(F)(F)F. The predicted molar refractivity (Wildman–Crippen MR) is 79.8 cm³/mol. The van der Waals surface area contributed by atoms with Crippen LogP contribution in [-0.2, 0) is 0 Å². The third kappa shape index (κ3) is 1.99. The lowest BCUT2D eigenvalue weighted by Gasteiger charge is -2.40. The molecule has 2 rings (SSSR count). The minimum absolute atomic E-state index is 0.433. The number of halogens is 4. The van der Waals surface area contributed by atoms with Gasteiger partial charge in [0.25, 0.3) is 0 Å². The molecular formula is C13H14F3IS. The van der Waals surface area contributed by atoms with Gasteiger partial charge in [0.2, 0.25) is 0 Å². The Kier molecular flexibility index (Phi) is 3.29. The number of hydrogen-bond donors (Lipinski definition) is 0. The summed E-state index contributed by atoms with van der Waals surface area (Å²) in [6.07, 6.45) is 1.73. The van der Waals surface area contributed by atoms with Crippen molar-refractivity contribution in [2.24, 2.45) is 5.41 Å². The molecule has 0 saturated carbocycles. The summed E-state index contributed by atoms with van der Waals surface area (Å²) in [4.78, 5) is 0.937. The Morgan fingerprint density at radius 2 is 1.61 bits per heavy atom. The van der Waals surface area contributed by atoms with Crippen molar-refractivity contribution in [1.82, 2.24) is 0 Å². The molecular weight excluding hydrogens is 372 g/mol. The molecule has 1 aromatic rings. The molecule has 100 valence electrons. The summed E-state index contributed by atoms with van der Waals surface area (Å²) in [6, 6.07) is 6.85. The molecule has 1 heterocycles. The zero-order valence-electron chi connectivity index (χ0n) is 10.3. The van der Waals surface area contributed by atoms with Crippen LogP contribution in [0.4, 0.5) is 13.2 Å². The first-order chi connectivity index (χ1) is 8.08. The van der Waals surface area contributed by atoms with Crippen LogP contribution in [0.15, 0.2) is 34.1 Å². The van der Waals surface area contributed by atoms with Crippen molar-refractivity contribution in [3.63, 3.8) is 0 Å². The van der Waals surface area contributed by atoms with Crippen LogP contribution in [0.25, 0.3) is 6.08 Å². The van der Waals surface area contributed by atoms with Crippen molar-refractivity contribution in [2.75, 3.05) is 0 Å².